The van der Waals surface area contributed by atoms with Gasteiger partial charge >= 0.3 is 0 Å². The predicted molar refractivity (Wildman–Crippen MR) is 188 cm³/mol. The number of amides is 2. The lowest BCUT2D eigenvalue weighted by atomic mass is 9.44. The van der Waals surface area contributed by atoms with Crippen molar-refractivity contribution in [2.75, 3.05) is 4.90 Å². The van der Waals surface area contributed by atoms with Gasteiger partial charge in [-0.25, -0.2) is 0 Å². The van der Waals surface area contributed by atoms with Crippen molar-refractivity contribution in [3.05, 3.63) is 148 Å². The lowest BCUT2D eigenvalue weighted by Crippen LogP contribution is -2.58. The van der Waals surface area contributed by atoms with Crippen LogP contribution in [0.5, 0.6) is 5.75 Å². The second-order valence-corrected chi connectivity index (χ2v) is 13.9. The molecule has 0 aromatic heterocycles. The Hall–Kier alpha value is -5.07. The van der Waals surface area contributed by atoms with E-state index in [1.165, 1.54) is 23.1 Å². The molecule has 1 aliphatic heterocycles. The maximum atomic E-state index is 15.1. The minimum absolute atomic E-state index is 0.0253. The molecule has 2 fully saturated rings. The summed E-state index contributed by atoms with van der Waals surface area (Å²) in [5.74, 6) is -4.36. The second kappa shape index (κ2) is 11.8. The highest BCUT2D eigenvalue weighted by Crippen LogP contribution is 2.64. The van der Waals surface area contributed by atoms with Crippen molar-refractivity contribution in [3.8, 4) is 5.75 Å². The van der Waals surface area contributed by atoms with E-state index < -0.39 is 35.0 Å². The smallest absolute Gasteiger partial charge is 0.238 e. The SMILES string of the molecule is CCc1ccc(N2C(=O)[C@H]3[C@H](CC=C4[C@H]3C[C@H]3C(=O)C(c5ccccc5)=CC(=O)[C@@]3(c3ccccc3)[C@H]4c3ccc(O)cc3Cl)C2=O)cc1. The number of halogens is 1. The Morgan fingerprint density at radius 2 is 1.53 bits per heavy atom. The predicted octanol–water partition coefficient (Wildman–Crippen LogP) is 7.64. The third-order valence-electron chi connectivity index (χ3n) is 11.3. The van der Waals surface area contributed by atoms with E-state index in [0.29, 0.717) is 34.4 Å². The molecule has 7 heteroatoms. The molecule has 6 atom stereocenters. The molecule has 1 N–H and O–H groups in total. The molecule has 3 aliphatic carbocycles. The largest absolute Gasteiger partial charge is 0.508 e. The number of imide groups is 1. The van der Waals surface area contributed by atoms with E-state index in [9.17, 15) is 19.5 Å². The summed E-state index contributed by atoms with van der Waals surface area (Å²) in [6, 6.07) is 30.8. The van der Waals surface area contributed by atoms with Gasteiger partial charge in [0, 0.05) is 22.4 Å². The molecule has 4 aromatic carbocycles. The number of fused-ring (bicyclic) bond motifs is 4. The Morgan fingerprint density at radius 3 is 2.20 bits per heavy atom. The molecule has 49 heavy (non-hydrogen) atoms. The van der Waals surface area contributed by atoms with Crippen LogP contribution in [0.25, 0.3) is 5.57 Å². The van der Waals surface area contributed by atoms with E-state index in [-0.39, 0.29) is 40.6 Å². The molecule has 0 radical (unpaired) electrons. The number of rotatable bonds is 5. The van der Waals surface area contributed by atoms with Crippen molar-refractivity contribution >= 4 is 46.2 Å². The number of carbonyl (C=O) groups excluding carboxylic acids is 4. The monoisotopic (exact) mass is 667 g/mol. The van der Waals surface area contributed by atoms with Gasteiger partial charge in [0.05, 0.1) is 22.9 Å². The van der Waals surface area contributed by atoms with Gasteiger partial charge in [-0.05, 0) is 77.8 Å². The Balaban J connectivity index is 1.35. The van der Waals surface area contributed by atoms with Crippen molar-refractivity contribution < 1.29 is 24.3 Å². The van der Waals surface area contributed by atoms with Gasteiger partial charge in [0.2, 0.25) is 11.8 Å². The molecule has 4 aromatic rings. The number of aromatic hydroxyl groups is 1. The second-order valence-electron chi connectivity index (χ2n) is 13.5. The number of aryl methyl sites for hydroxylation is 1. The standard InChI is InChI=1S/C42H34ClNO5/c1-2-24-13-15-27(16-14-24)44-40(48)31-20-19-29-33(37(31)41(44)49)22-34-39(47)32(25-9-5-3-6-10-25)23-36(46)42(34,26-11-7-4-8-12-26)38(29)30-18-17-28(45)21-35(30)43/h3-19,21,23,31,33-34,37-38,45H,2,20,22H2,1H3/t31-,33+,34-,37-,38+,42-/m0/s1. The zero-order chi connectivity index (χ0) is 34.0. The molecule has 0 spiro atoms. The summed E-state index contributed by atoms with van der Waals surface area (Å²) >= 11 is 6.95. The zero-order valence-corrected chi connectivity index (χ0v) is 27.6. The quantitative estimate of drug-likeness (QED) is 0.175. The van der Waals surface area contributed by atoms with Crippen LogP contribution in [0.15, 0.2) is 121 Å². The molecule has 8 rings (SSSR count). The molecule has 1 heterocycles. The van der Waals surface area contributed by atoms with Gasteiger partial charge in [-0.2, -0.15) is 0 Å². The topological polar surface area (TPSA) is 91.8 Å². The summed E-state index contributed by atoms with van der Waals surface area (Å²) < 4.78 is 0. The molecule has 6 nitrogen and oxygen atoms in total. The van der Waals surface area contributed by atoms with Crippen LogP contribution >= 0.6 is 11.6 Å². The van der Waals surface area contributed by atoms with Crippen LogP contribution < -0.4 is 4.90 Å². The minimum Gasteiger partial charge on any atom is -0.508 e. The summed E-state index contributed by atoms with van der Waals surface area (Å²) in [5, 5.41) is 10.6. The lowest BCUT2D eigenvalue weighted by Gasteiger charge is -2.55. The Morgan fingerprint density at radius 1 is 0.837 bits per heavy atom. The summed E-state index contributed by atoms with van der Waals surface area (Å²) in [7, 11) is 0. The molecule has 0 unspecified atom stereocenters. The van der Waals surface area contributed by atoms with Crippen LogP contribution in [-0.2, 0) is 31.0 Å². The average molecular weight is 668 g/mol. The van der Waals surface area contributed by atoms with Crippen LogP contribution in [0, 0.1) is 23.7 Å². The lowest BCUT2D eigenvalue weighted by molar-refractivity contribution is -0.135. The zero-order valence-electron chi connectivity index (χ0n) is 26.9. The fourth-order valence-electron chi connectivity index (χ4n) is 9.10. The fourth-order valence-corrected chi connectivity index (χ4v) is 9.39. The Kier molecular flexibility index (Phi) is 7.53. The molecule has 244 valence electrons. The van der Waals surface area contributed by atoms with Crippen LogP contribution in [0.2, 0.25) is 5.02 Å². The third kappa shape index (κ3) is 4.61. The van der Waals surface area contributed by atoms with E-state index in [0.717, 1.165) is 17.6 Å². The van der Waals surface area contributed by atoms with Gasteiger partial charge in [0.15, 0.2) is 11.6 Å². The van der Waals surface area contributed by atoms with Crippen molar-refractivity contribution in [2.45, 2.75) is 37.5 Å². The van der Waals surface area contributed by atoms with Crippen molar-refractivity contribution in [3.63, 3.8) is 0 Å². The first-order valence-corrected chi connectivity index (χ1v) is 17.2. The normalized spacial score (nSPS) is 27.6. The highest BCUT2D eigenvalue weighted by atomic mass is 35.5. The van der Waals surface area contributed by atoms with E-state index in [4.69, 9.17) is 11.6 Å². The number of phenols is 1. The number of anilines is 1. The summed E-state index contributed by atoms with van der Waals surface area (Å²) in [4.78, 5) is 59.9. The van der Waals surface area contributed by atoms with Crippen LogP contribution in [0.1, 0.15) is 47.9 Å². The maximum absolute atomic E-state index is 15.1. The molecule has 1 saturated carbocycles. The Labute approximate surface area is 289 Å². The summed E-state index contributed by atoms with van der Waals surface area (Å²) in [6.07, 6.45) is 4.87. The molecule has 1 saturated heterocycles. The number of allylic oxidation sites excluding steroid dienone is 4. The maximum Gasteiger partial charge on any atom is 0.238 e. The average Bonchev–Trinajstić information content (AvgIpc) is 3.38. The minimum atomic E-state index is -1.38. The first-order chi connectivity index (χ1) is 23.7. The van der Waals surface area contributed by atoms with Crippen LogP contribution in [0.4, 0.5) is 5.69 Å². The van der Waals surface area contributed by atoms with Gasteiger partial charge < -0.3 is 5.11 Å². The Bertz CT molecular complexity index is 2090. The van der Waals surface area contributed by atoms with Crippen LogP contribution in [-0.4, -0.2) is 28.5 Å². The molecule has 0 bridgehead atoms. The number of phenolic OH excluding ortho intramolecular Hbond substituents is 1. The molecule has 4 aliphatic rings. The van der Waals surface area contributed by atoms with E-state index in [2.05, 4.69) is 0 Å². The van der Waals surface area contributed by atoms with Crippen molar-refractivity contribution in [1.29, 1.82) is 0 Å². The van der Waals surface area contributed by atoms with Gasteiger partial charge in [0.1, 0.15) is 5.75 Å². The fraction of sp³-hybridized carbons (Fsp3) is 0.238. The van der Waals surface area contributed by atoms with Crippen molar-refractivity contribution in [2.24, 2.45) is 23.7 Å². The highest BCUT2D eigenvalue weighted by molar-refractivity contribution is 6.33. The van der Waals surface area contributed by atoms with Gasteiger partial charge in [0.25, 0.3) is 0 Å². The van der Waals surface area contributed by atoms with Gasteiger partial charge in [-0.1, -0.05) is 109 Å². The number of hydrogen-bond donors (Lipinski definition) is 1. The van der Waals surface area contributed by atoms with Crippen LogP contribution in [0.3, 0.4) is 0 Å². The molecule has 2 amide bonds. The number of hydrogen-bond acceptors (Lipinski definition) is 5. The molecular weight excluding hydrogens is 634 g/mol. The van der Waals surface area contributed by atoms with Gasteiger partial charge in [-0.3, -0.25) is 24.1 Å². The number of ketones is 2. The van der Waals surface area contributed by atoms with E-state index in [1.54, 1.807) is 6.07 Å². The van der Waals surface area contributed by atoms with E-state index in [1.807, 2.05) is 97.9 Å². The first-order valence-electron chi connectivity index (χ1n) is 16.8. The third-order valence-corrected chi connectivity index (χ3v) is 11.6. The number of Topliss-reactive ketones (excluding diaryl/α,β-unsaturated/α-hetero) is 1. The number of benzene rings is 4. The summed E-state index contributed by atoms with van der Waals surface area (Å²) in [5.41, 5.74) is 3.35. The van der Waals surface area contributed by atoms with Gasteiger partial charge in [-0.15, -0.1) is 0 Å². The van der Waals surface area contributed by atoms with E-state index >= 15 is 4.79 Å². The number of nitrogens with zero attached hydrogens (tertiary/aromatic N) is 1. The first kappa shape index (κ1) is 31.2. The van der Waals surface area contributed by atoms with Crippen molar-refractivity contribution in [1.82, 2.24) is 0 Å². The highest BCUT2D eigenvalue weighted by Gasteiger charge is 2.66. The summed E-state index contributed by atoms with van der Waals surface area (Å²) in [6.45, 7) is 2.05. The number of carbonyl (C=O) groups is 4. The molecular formula is C42H34ClNO5.